The number of anilines is 1. The number of amides is 1. The molecule has 31 heavy (non-hydrogen) atoms. The fourth-order valence-corrected chi connectivity index (χ4v) is 5.97. The fraction of sp³-hybridized carbons (Fsp3) is 0.292. The second-order valence-corrected chi connectivity index (χ2v) is 9.77. The van der Waals surface area contributed by atoms with Gasteiger partial charge in [-0.3, -0.25) is 9.69 Å². The number of thiazole rings is 1. The van der Waals surface area contributed by atoms with Crippen molar-refractivity contribution in [2.75, 3.05) is 10.7 Å². The SMILES string of the molecule is Cn1c(SCC(=O)N(Cc2ccccc2)c2nc3c(s2)CCCC3)nc2ccccc21. The van der Waals surface area contributed by atoms with E-state index in [-0.39, 0.29) is 5.91 Å². The quantitative estimate of drug-likeness (QED) is 0.379. The van der Waals surface area contributed by atoms with Crippen LogP contribution in [0.3, 0.4) is 0 Å². The summed E-state index contributed by atoms with van der Waals surface area (Å²) in [5.41, 5.74) is 4.32. The molecule has 2 aromatic heterocycles. The van der Waals surface area contributed by atoms with Crippen molar-refractivity contribution < 1.29 is 4.79 Å². The summed E-state index contributed by atoms with van der Waals surface area (Å²) in [6, 6.07) is 18.2. The van der Waals surface area contributed by atoms with Gasteiger partial charge in [-0.15, -0.1) is 11.3 Å². The van der Waals surface area contributed by atoms with Gasteiger partial charge in [0.25, 0.3) is 0 Å². The Hall–Kier alpha value is -2.64. The first-order valence-electron chi connectivity index (χ1n) is 10.6. The second kappa shape index (κ2) is 8.85. The van der Waals surface area contributed by atoms with E-state index in [1.54, 1.807) is 11.3 Å². The van der Waals surface area contributed by atoms with Crippen LogP contribution in [-0.4, -0.2) is 26.2 Å². The summed E-state index contributed by atoms with van der Waals surface area (Å²) in [6.07, 6.45) is 4.50. The third kappa shape index (κ3) is 4.25. The number of fused-ring (bicyclic) bond motifs is 2. The van der Waals surface area contributed by atoms with Gasteiger partial charge in [-0.2, -0.15) is 0 Å². The number of para-hydroxylation sites is 2. The van der Waals surface area contributed by atoms with Gasteiger partial charge >= 0.3 is 0 Å². The van der Waals surface area contributed by atoms with Crippen molar-refractivity contribution in [1.29, 1.82) is 0 Å². The van der Waals surface area contributed by atoms with Gasteiger partial charge in [-0.05, 0) is 43.4 Å². The van der Waals surface area contributed by atoms with E-state index in [2.05, 4.69) is 22.8 Å². The van der Waals surface area contributed by atoms with Crippen molar-refractivity contribution in [1.82, 2.24) is 14.5 Å². The number of nitrogens with zero attached hydrogens (tertiary/aromatic N) is 4. The monoisotopic (exact) mass is 448 g/mol. The molecule has 0 aliphatic heterocycles. The zero-order valence-electron chi connectivity index (χ0n) is 17.5. The minimum atomic E-state index is 0.0620. The highest BCUT2D eigenvalue weighted by atomic mass is 32.2. The molecule has 0 saturated heterocycles. The molecule has 158 valence electrons. The van der Waals surface area contributed by atoms with E-state index in [1.165, 1.54) is 35.2 Å². The first kappa shape index (κ1) is 20.3. The molecule has 2 heterocycles. The maximum atomic E-state index is 13.4. The second-order valence-electron chi connectivity index (χ2n) is 7.77. The van der Waals surface area contributed by atoms with Crippen molar-refractivity contribution >= 4 is 45.2 Å². The summed E-state index contributed by atoms with van der Waals surface area (Å²) >= 11 is 3.17. The number of carbonyl (C=O) groups is 1. The lowest BCUT2D eigenvalue weighted by Crippen LogP contribution is -2.32. The Morgan fingerprint density at radius 3 is 2.65 bits per heavy atom. The van der Waals surface area contributed by atoms with Crippen LogP contribution in [-0.2, 0) is 31.2 Å². The van der Waals surface area contributed by atoms with Gasteiger partial charge in [-0.25, -0.2) is 9.97 Å². The molecule has 0 unspecified atom stereocenters. The molecule has 0 N–H and O–H groups in total. The van der Waals surface area contributed by atoms with E-state index in [0.717, 1.165) is 39.7 Å². The smallest absolute Gasteiger partial charge is 0.239 e. The van der Waals surface area contributed by atoms with Crippen LogP contribution in [0, 0.1) is 0 Å². The summed E-state index contributed by atoms with van der Waals surface area (Å²) < 4.78 is 2.05. The summed E-state index contributed by atoms with van der Waals surface area (Å²) in [5.74, 6) is 0.390. The van der Waals surface area contributed by atoms with Crippen LogP contribution in [0.2, 0.25) is 0 Å². The van der Waals surface area contributed by atoms with E-state index >= 15 is 0 Å². The Morgan fingerprint density at radius 2 is 1.84 bits per heavy atom. The molecule has 0 atom stereocenters. The fourth-order valence-electron chi connectivity index (χ4n) is 3.94. The van der Waals surface area contributed by atoms with Gasteiger partial charge in [0.1, 0.15) is 0 Å². The van der Waals surface area contributed by atoms with Crippen LogP contribution >= 0.6 is 23.1 Å². The standard InChI is InChI=1S/C24H24N4OS2/c1-27-20-13-7-5-11-18(20)25-23(27)30-16-22(29)28(15-17-9-3-2-4-10-17)24-26-19-12-6-8-14-21(19)31-24/h2-5,7,9-11,13H,6,8,12,14-16H2,1H3. The van der Waals surface area contributed by atoms with Crippen LogP contribution in [0.4, 0.5) is 5.13 Å². The number of aromatic nitrogens is 3. The molecule has 5 rings (SSSR count). The van der Waals surface area contributed by atoms with Gasteiger partial charge in [-0.1, -0.05) is 54.2 Å². The number of hydrogen-bond acceptors (Lipinski definition) is 5. The molecular weight excluding hydrogens is 424 g/mol. The van der Waals surface area contributed by atoms with Crippen LogP contribution in [0.25, 0.3) is 11.0 Å². The molecule has 1 amide bonds. The number of hydrogen-bond donors (Lipinski definition) is 0. The molecule has 0 fully saturated rings. The Morgan fingerprint density at radius 1 is 1.06 bits per heavy atom. The zero-order chi connectivity index (χ0) is 21.2. The van der Waals surface area contributed by atoms with E-state index in [1.807, 2.05) is 48.3 Å². The van der Waals surface area contributed by atoms with Crippen LogP contribution < -0.4 is 4.90 Å². The molecule has 7 heteroatoms. The Kier molecular flexibility index (Phi) is 5.78. The topological polar surface area (TPSA) is 51.0 Å². The number of rotatable bonds is 6. The van der Waals surface area contributed by atoms with Gasteiger partial charge in [0.05, 0.1) is 29.0 Å². The number of thioether (sulfide) groups is 1. The lowest BCUT2D eigenvalue weighted by atomic mass is 10.0. The minimum absolute atomic E-state index is 0.0620. The van der Waals surface area contributed by atoms with Gasteiger partial charge in [0, 0.05) is 11.9 Å². The Bertz CT molecular complexity index is 1190. The summed E-state index contributed by atoms with van der Waals surface area (Å²) in [6.45, 7) is 0.537. The molecule has 4 aromatic rings. The van der Waals surface area contributed by atoms with Crippen LogP contribution in [0.1, 0.15) is 29.0 Å². The summed E-state index contributed by atoms with van der Waals surface area (Å²) in [5, 5.41) is 1.68. The minimum Gasteiger partial charge on any atom is -0.322 e. The summed E-state index contributed by atoms with van der Waals surface area (Å²) in [7, 11) is 2.00. The van der Waals surface area contributed by atoms with Gasteiger partial charge in [0.2, 0.25) is 5.91 Å². The predicted molar refractivity (Wildman–Crippen MR) is 128 cm³/mol. The Balaban J connectivity index is 1.39. The number of aryl methyl sites for hydroxylation is 3. The summed E-state index contributed by atoms with van der Waals surface area (Å²) in [4.78, 5) is 26.2. The van der Waals surface area contributed by atoms with Crippen LogP contribution in [0.5, 0.6) is 0 Å². The van der Waals surface area contributed by atoms with Crippen molar-refractivity contribution in [2.45, 2.75) is 37.4 Å². The average Bonchev–Trinajstić information content (AvgIpc) is 3.38. The third-order valence-electron chi connectivity index (χ3n) is 5.62. The van der Waals surface area contributed by atoms with E-state index < -0.39 is 0 Å². The van der Waals surface area contributed by atoms with Crippen molar-refractivity contribution in [2.24, 2.45) is 7.05 Å². The first-order chi connectivity index (χ1) is 15.2. The molecule has 0 bridgehead atoms. The third-order valence-corrected chi connectivity index (χ3v) is 7.82. The molecule has 0 radical (unpaired) electrons. The molecular formula is C24H24N4OS2. The first-order valence-corrected chi connectivity index (χ1v) is 12.4. The predicted octanol–water partition coefficient (Wildman–Crippen LogP) is 5.23. The van der Waals surface area contributed by atoms with Crippen molar-refractivity contribution in [3.05, 3.63) is 70.7 Å². The van der Waals surface area contributed by atoms with Crippen molar-refractivity contribution in [3.8, 4) is 0 Å². The largest absolute Gasteiger partial charge is 0.322 e. The Labute approximate surface area is 190 Å². The zero-order valence-corrected chi connectivity index (χ0v) is 19.1. The molecule has 0 spiro atoms. The maximum Gasteiger partial charge on any atom is 0.239 e. The number of imidazole rings is 1. The van der Waals surface area contributed by atoms with E-state index in [9.17, 15) is 4.79 Å². The van der Waals surface area contributed by atoms with Crippen LogP contribution in [0.15, 0.2) is 59.8 Å². The van der Waals surface area contributed by atoms with E-state index in [0.29, 0.717) is 12.3 Å². The maximum absolute atomic E-state index is 13.4. The van der Waals surface area contributed by atoms with E-state index in [4.69, 9.17) is 9.97 Å². The molecule has 0 saturated carbocycles. The highest BCUT2D eigenvalue weighted by Crippen LogP contribution is 2.33. The molecule has 1 aliphatic rings. The molecule has 1 aliphatic carbocycles. The number of carbonyl (C=O) groups excluding carboxylic acids is 1. The highest BCUT2D eigenvalue weighted by molar-refractivity contribution is 7.99. The molecule has 5 nitrogen and oxygen atoms in total. The highest BCUT2D eigenvalue weighted by Gasteiger charge is 2.24. The average molecular weight is 449 g/mol. The van der Waals surface area contributed by atoms with Gasteiger partial charge in [0.15, 0.2) is 10.3 Å². The number of benzene rings is 2. The van der Waals surface area contributed by atoms with Gasteiger partial charge < -0.3 is 4.57 Å². The lowest BCUT2D eigenvalue weighted by Gasteiger charge is -2.20. The van der Waals surface area contributed by atoms with Crippen molar-refractivity contribution in [3.63, 3.8) is 0 Å². The normalized spacial score (nSPS) is 13.3. The lowest BCUT2D eigenvalue weighted by molar-refractivity contribution is -0.116. The molecule has 2 aromatic carbocycles.